The lowest BCUT2D eigenvalue weighted by Gasteiger charge is -2.42. The molecule has 2 aliphatic carbocycles. The first kappa shape index (κ1) is 26.2. The molecule has 0 bridgehead atoms. The standard InChI is InChI=1S/C31H43NO2P2/c1-34-31(33)32-23-30(36(28-18-10-4-11-19-28)29-20-12-5-13-21-29)22-25(32)24-35(26-14-6-2-7-15-26)27-16-8-3-9-17-27/h2-3,6-9,14-17,25,28-30H,4-5,10-13,18-24H2,1H3. The number of carbonyl (C=O) groups excluding carboxylic acids is 1. The molecule has 194 valence electrons. The molecule has 0 radical (unpaired) electrons. The third-order valence-corrected chi connectivity index (χ3v) is 15.3. The van der Waals surface area contributed by atoms with E-state index in [9.17, 15) is 4.79 Å². The van der Waals surface area contributed by atoms with Crippen LogP contribution < -0.4 is 10.6 Å². The first-order valence-electron chi connectivity index (χ1n) is 14.2. The Bertz CT molecular complexity index is 886. The molecule has 36 heavy (non-hydrogen) atoms. The van der Waals surface area contributed by atoms with Crippen LogP contribution >= 0.6 is 15.8 Å². The SMILES string of the molecule is COC(=O)N1CC(P(C2CCCCC2)C2CCCCC2)CC1CP(c1ccccc1)c1ccccc1. The van der Waals surface area contributed by atoms with Gasteiger partial charge in [0.05, 0.1) is 7.11 Å². The molecule has 0 N–H and O–H groups in total. The Labute approximate surface area is 220 Å². The molecule has 1 aliphatic heterocycles. The second-order valence-electron chi connectivity index (χ2n) is 11.0. The molecule has 5 heteroatoms. The van der Waals surface area contributed by atoms with E-state index in [0.717, 1.165) is 24.0 Å². The van der Waals surface area contributed by atoms with E-state index in [1.165, 1.54) is 81.2 Å². The van der Waals surface area contributed by atoms with Crippen LogP contribution in [0.15, 0.2) is 60.7 Å². The van der Waals surface area contributed by atoms with E-state index in [1.807, 2.05) is 0 Å². The van der Waals surface area contributed by atoms with Crippen LogP contribution in [0.4, 0.5) is 4.79 Å². The molecule has 0 aromatic heterocycles. The van der Waals surface area contributed by atoms with Crippen LogP contribution in [0.5, 0.6) is 0 Å². The minimum Gasteiger partial charge on any atom is -0.453 e. The quantitative estimate of drug-likeness (QED) is 0.352. The second kappa shape index (κ2) is 12.9. The zero-order chi connectivity index (χ0) is 24.7. The molecular weight excluding hydrogens is 480 g/mol. The summed E-state index contributed by atoms with van der Waals surface area (Å²) in [5, 5.41) is 2.82. The van der Waals surface area contributed by atoms with Crippen molar-refractivity contribution in [2.45, 2.75) is 93.6 Å². The van der Waals surface area contributed by atoms with Gasteiger partial charge < -0.3 is 9.64 Å². The first-order chi connectivity index (χ1) is 17.7. The summed E-state index contributed by atoms with van der Waals surface area (Å²) in [5.41, 5.74) is 2.52. The summed E-state index contributed by atoms with van der Waals surface area (Å²) in [6.07, 6.45) is 16.3. The fourth-order valence-electron chi connectivity index (χ4n) is 7.06. The third-order valence-electron chi connectivity index (χ3n) is 8.74. The number of nitrogens with zero attached hydrogens (tertiary/aromatic N) is 1. The monoisotopic (exact) mass is 523 g/mol. The predicted molar refractivity (Wildman–Crippen MR) is 156 cm³/mol. The van der Waals surface area contributed by atoms with Crippen LogP contribution in [0.1, 0.15) is 70.6 Å². The Morgan fingerprint density at radius 1 is 0.778 bits per heavy atom. The van der Waals surface area contributed by atoms with E-state index >= 15 is 0 Å². The van der Waals surface area contributed by atoms with Crippen molar-refractivity contribution in [3.05, 3.63) is 60.7 Å². The highest BCUT2D eigenvalue weighted by Crippen LogP contribution is 2.61. The number of amides is 1. The Morgan fingerprint density at radius 3 is 1.75 bits per heavy atom. The molecule has 0 spiro atoms. The van der Waals surface area contributed by atoms with E-state index < -0.39 is 7.92 Å². The molecule has 2 aromatic carbocycles. The molecule has 1 saturated heterocycles. The van der Waals surface area contributed by atoms with Gasteiger partial charge in [0.15, 0.2) is 0 Å². The molecular formula is C31H43NO2P2. The van der Waals surface area contributed by atoms with Gasteiger partial charge in [-0.3, -0.25) is 0 Å². The number of likely N-dealkylation sites (tertiary alicyclic amines) is 1. The summed E-state index contributed by atoms with van der Waals surface area (Å²) in [6.45, 7) is 0.919. The Hall–Kier alpha value is -1.43. The smallest absolute Gasteiger partial charge is 0.409 e. The summed E-state index contributed by atoms with van der Waals surface area (Å²) >= 11 is 0. The third kappa shape index (κ3) is 6.16. The van der Waals surface area contributed by atoms with Crippen molar-refractivity contribution >= 4 is 32.5 Å². The van der Waals surface area contributed by atoms with Gasteiger partial charge in [-0.1, -0.05) is 107 Å². The topological polar surface area (TPSA) is 29.5 Å². The van der Waals surface area contributed by atoms with E-state index in [1.54, 1.807) is 7.11 Å². The van der Waals surface area contributed by atoms with Gasteiger partial charge in [0.25, 0.3) is 0 Å². The van der Waals surface area contributed by atoms with Gasteiger partial charge in [-0.05, 0) is 73.8 Å². The molecule has 2 aromatic rings. The number of methoxy groups -OCH3 is 1. The minimum atomic E-state index is -0.528. The highest BCUT2D eigenvalue weighted by molar-refractivity contribution is 7.73. The average molecular weight is 524 g/mol. The Morgan fingerprint density at radius 2 is 1.28 bits per heavy atom. The van der Waals surface area contributed by atoms with Gasteiger partial charge in [-0.15, -0.1) is 0 Å². The van der Waals surface area contributed by atoms with E-state index in [-0.39, 0.29) is 20.1 Å². The van der Waals surface area contributed by atoms with Gasteiger partial charge >= 0.3 is 6.09 Å². The van der Waals surface area contributed by atoms with Crippen LogP contribution in [0, 0.1) is 0 Å². The predicted octanol–water partition coefficient (Wildman–Crippen LogP) is 7.48. The lowest BCUT2D eigenvalue weighted by atomic mass is 9.99. The lowest BCUT2D eigenvalue weighted by molar-refractivity contribution is 0.122. The van der Waals surface area contributed by atoms with Crippen molar-refractivity contribution in [3.8, 4) is 0 Å². The number of ether oxygens (including phenoxy) is 1. The first-order valence-corrected chi connectivity index (χ1v) is 17.3. The number of benzene rings is 2. The molecule has 5 rings (SSSR count). The summed E-state index contributed by atoms with van der Waals surface area (Å²) in [7, 11) is 0.980. The number of hydrogen-bond donors (Lipinski definition) is 0. The summed E-state index contributed by atoms with van der Waals surface area (Å²) in [4.78, 5) is 15.3. The van der Waals surface area contributed by atoms with Crippen LogP contribution in [0.2, 0.25) is 0 Å². The van der Waals surface area contributed by atoms with Gasteiger partial charge in [0.1, 0.15) is 0 Å². The number of rotatable bonds is 7. The zero-order valence-corrected chi connectivity index (χ0v) is 23.7. The normalized spacial score (nSPS) is 23.9. The van der Waals surface area contributed by atoms with Gasteiger partial charge in [0.2, 0.25) is 0 Å². The number of carbonyl (C=O) groups is 1. The zero-order valence-electron chi connectivity index (χ0n) is 21.9. The summed E-state index contributed by atoms with van der Waals surface area (Å²) in [5.74, 6) is 0. The van der Waals surface area contributed by atoms with E-state index in [4.69, 9.17) is 4.74 Å². The highest BCUT2D eigenvalue weighted by Gasteiger charge is 2.45. The number of hydrogen-bond acceptors (Lipinski definition) is 2. The van der Waals surface area contributed by atoms with E-state index in [2.05, 4.69) is 65.6 Å². The van der Waals surface area contributed by atoms with Crippen molar-refractivity contribution in [3.63, 3.8) is 0 Å². The van der Waals surface area contributed by atoms with Gasteiger partial charge in [-0.2, -0.15) is 0 Å². The summed E-state index contributed by atoms with van der Waals surface area (Å²) < 4.78 is 5.38. The Balaban J connectivity index is 1.42. The van der Waals surface area contributed by atoms with Gasteiger partial charge in [0, 0.05) is 12.6 Å². The van der Waals surface area contributed by atoms with Crippen LogP contribution in [0.3, 0.4) is 0 Å². The fourth-order valence-corrected chi connectivity index (χ4v) is 14.2. The molecule has 2 atom stereocenters. The highest BCUT2D eigenvalue weighted by atomic mass is 31.1. The molecule has 2 saturated carbocycles. The maximum atomic E-state index is 13.1. The van der Waals surface area contributed by atoms with Crippen LogP contribution in [-0.2, 0) is 4.74 Å². The molecule has 1 heterocycles. The average Bonchev–Trinajstić information content (AvgIpc) is 3.37. The Kier molecular flexibility index (Phi) is 9.37. The van der Waals surface area contributed by atoms with Crippen molar-refractivity contribution in [2.75, 3.05) is 19.8 Å². The minimum absolute atomic E-state index is 0.0569. The van der Waals surface area contributed by atoms with E-state index in [0.29, 0.717) is 5.66 Å². The van der Waals surface area contributed by atoms with Crippen LogP contribution in [-0.4, -0.2) is 53.8 Å². The van der Waals surface area contributed by atoms with Crippen molar-refractivity contribution < 1.29 is 9.53 Å². The van der Waals surface area contributed by atoms with Crippen molar-refractivity contribution in [1.82, 2.24) is 4.90 Å². The fraction of sp³-hybridized carbons (Fsp3) is 0.581. The lowest BCUT2D eigenvalue weighted by Crippen LogP contribution is -2.39. The van der Waals surface area contributed by atoms with Gasteiger partial charge in [-0.25, -0.2) is 4.79 Å². The summed E-state index contributed by atoms with van der Waals surface area (Å²) in [6, 6.07) is 22.3. The van der Waals surface area contributed by atoms with Crippen molar-refractivity contribution in [2.24, 2.45) is 0 Å². The maximum absolute atomic E-state index is 13.1. The molecule has 3 nitrogen and oxygen atoms in total. The maximum Gasteiger partial charge on any atom is 0.409 e. The molecule has 3 aliphatic rings. The second-order valence-corrected chi connectivity index (χ2v) is 16.3. The molecule has 2 unspecified atom stereocenters. The van der Waals surface area contributed by atoms with Crippen molar-refractivity contribution in [1.29, 1.82) is 0 Å². The molecule has 3 fully saturated rings. The largest absolute Gasteiger partial charge is 0.453 e. The molecule has 1 amide bonds. The van der Waals surface area contributed by atoms with Crippen LogP contribution in [0.25, 0.3) is 0 Å².